The van der Waals surface area contributed by atoms with E-state index >= 15 is 0 Å². The van der Waals surface area contributed by atoms with E-state index in [1.54, 1.807) is 0 Å². The summed E-state index contributed by atoms with van der Waals surface area (Å²) in [5.74, 6) is 4.05. The molecule has 5 nitrogen and oxygen atoms in total. The van der Waals surface area contributed by atoms with Crippen LogP contribution in [0.5, 0.6) is 11.5 Å². The molecule has 0 N–H and O–H groups in total. The van der Waals surface area contributed by atoms with E-state index in [0.29, 0.717) is 0 Å². The van der Waals surface area contributed by atoms with Gasteiger partial charge in [-0.3, -0.25) is 0 Å². The lowest BCUT2D eigenvalue weighted by molar-refractivity contribution is -0.931. The summed E-state index contributed by atoms with van der Waals surface area (Å²) in [5, 5.41) is 2.46. The molecule has 0 saturated carbocycles. The number of benzene rings is 8. The molecular formula is C62H40N4O+2. The Labute approximate surface area is 387 Å². The summed E-state index contributed by atoms with van der Waals surface area (Å²) in [6, 6.07) is 76.5. The van der Waals surface area contributed by atoms with Gasteiger partial charge in [0, 0.05) is 39.4 Å². The second kappa shape index (κ2) is 12.2. The summed E-state index contributed by atoms with van der Waals surface area (Å²) in [6.07, 6.45) is 0. The van der Waals surface area contributed by atoms with E-state index < -0.39 is 5.66 Å². The molecule has 0 radical (unpaired) electrons. The van der Waals surface area contributed by atoms with Crippen molar-refractivity contribution in [2.75, 3.05) is 4.90 Å². The molecule has 0 amide bonds. The van der Waals surface area contributed by atoms with Crippen molar-refractivity contribution in [2.24, 2.45) is 0 Å². The van der Waals surface area contributed by atoms with Gasteiger partial charge in [0.15, 0.2) is 22.6 Å². The van der Waals surface area contributed by atoms with Crippen molar-refractivity contribution in [3.63, 3.8) is 0 Å². The number of pyridine rings is 2. The molecule has 0 saturated heterocycles. The van der Waals surface area contributed by atoms with Gasteiger partial charge in [0.05, 0.1) is 0 Å². The van der Waals surface area contributed by atoms with Crippen molar-refractivity contribution in [1.29, 1.82) is 0 Å². The Morgan fingerprint density at radius 3 is 1.61 bits per heavy atom. The largest absolute Gasteiger partial charge is 0.456 e. The molecular weight excluding hydrogens is 817 g/mol. The van der Waals surface area contributed by atoms with Gasteiger partial charge in [-0.25, -0.2) is 0 Å². The molecule has 0 fully saturated rings. The standard InChI is InChI=1S/C62H40N4O/c1-61(2)47-18-10-12-20-50(47)64-56-36-44(42-27-23-40(24-28-42)38-15-7-4-8-16-38)34-52-51-33-43(41-25-21-39(22-26-41)37-13-5-3-6-14-37)35-55-63-49-19-11-9-17-45(49)46-29-31-53-57(59(46)63)62(65(51)55,66(52)56)58-54(67-53)32-30-48(61)60(58)64/h3-36H,1-2H3/q+2. The van der Waals surface area contributed by atoms with Gasteiger partial charge in [0.1, 0.15) is 33.8 Å². The number of para-hydroxylation sites is 2. The Morgan fingerprint density at radius 2 is 0.940 bits per heavy atom. The van der Waals surface area contributed by atoms with Crippen LogP contribution in [0.1, 0.15) is 36.1 Å². The minimum atomic E-state index is -0.808. The molecule has 16 rings (SSSR count). The molecule has 3 aromatic heterocycles. The van der Waals surface area contributed by atoms with Crippen LogP contribution in [0.4, 0.5) is 17.2 Å². The fourth-order valence-electron chi connectivity index (χ4n) is 12.8. The molecule has 0 aliphatic carbocycles. The third kappa shape index (κ3) is 4.27. The first kappa shape index (κ1) is 35.8. The molecule has 67 heavy (non-hydrogen) atoms. The topological polar surface area (TPSA) is 25.2 Å². The Hall–Kier alpha value is -8.54. The third-order valence-electron chi connectivity index (χ3n) is 15.7. The normalized spacial score (nSPS) is 16.5. The van der Waals surface area contributed by atoms with Crippen molar-refractivity contribution in [2.45, 2.75) is 24.9 Å². The molecule has 5 aliphatic heterocycles. The van der Waals surface area contributed by atoms with Gasteiger partial charge in [-0.2, -0.15) is 18.6 Å². The van der Waals surface area contributed by atoms with Crippen LogP contribution in [0.25, 0.3) is 83.5 Å². The van der Waals surface area contributed by atoms with Gasteiger partial charge in [-0.05, 0) is 93.0 Å². The average Bonchev–Trinajstić information content (AvgIpc) is 3.88. The number of fused-ring (bicyclic) bond motifs is 8. The second-order valence-corrected chi connectivity index (χ2v) is 19.3. The Kier molecular flexibility index (Phi) is 6.52. The van der Waals surface area contributed by atoms with E-state index in [1.807, 2.05) is 0 Å². The molecule has 312 valence electrons. The predicted molar refractivity (Wildman–Crippen MR) is 267 cm³/mol. The first-order chi connectivity index (χ1) is 33.0. The predicted octanol–water partition coefficient (Wildman–Crippen LogP) is 14.1. The zero-order chi connectivity index (χ0) is 43.9. The first-order valence-electron chi connectivity index (χ1n) is 23.3. The van der Waals surface area contributed by atoms with Gasteiger partial charge < -0.3 is 4.74 Å². The van der Waals surface area contributed by atoms with E-state index in [-0.39, 0.29) is 5.41 Å². The zero-order valence-corrected chi connectivity index (χ0v) is 36.8. The Balaban J connectivity index is 1.07. The highest BCUT2D eigenvalue weighted by Gasteiger charge is 2.71. The van der Waals surface area contributed by atoms with E-state index in [4.69, 9.17) is 4.74 Å². The van der Waals surface area contributed by atoms with Gasteiger partial charge in [-0.1, -0.05) is 159 Å². The van der Waals surface area contributed by atoms with E-state index in [9.17, 15) is 0 Å². The molecule has 5 heteroatoms. The quantitative estimate of drug-likeness (QED) is 0.165. The number of hydrogen-bond donors (Lipinski definition) is 0. The lowest BCUT2D eigenvalue weighted by Gasteiger charge is -2.46. The lowest BCUT2D eigenvalue weighted by atomic mass is 9.70. The summed E-state index contributed by atoms with van der Waals surface area (Å²) in [4.78, 5) is 2.57. The smallest absolute Gasteiger partial charge is 0.323 e. The highest BCUT2D eigenvalue weighted by atomic mass is 16.5. The van der Waals surface area contributed by atoms with Crippen molar-refractivity contribution >= 4 is 39.0 Å². The third-order valence-corrected chi connectivity index (χ3v) is 15.7. The first-order valence-corrected chi connectivity index (χ1v) is 23.3. The van der Waals surface area contributed by atoms with Crippen LogP contribution in [-0.2, 0) is 11.1 Å². The van der Waals surface area contributed by atoms with Crippen molar-refractivity contribution in [1.82, 2.24) is 4.57 Å². The Bertz CT molecular complexity index is 4020. The molecule has 11 aromatic rings. The fourth-order valence-corrected chi connectivity index (χ4v) is 12.8. The number of hydrogen-bond acceptors (Lipinski definition) is 2. The second-order valence-electron chi connectivity index (χ2n) is 19.3. The SMILES string of the molecule is CC1(C)c2ccccc2N2c3c1ccc1c3C34c5c(ccc6c7ccccc7n(c56)-c5cc(-c6ccc(-c7ccccc7)cc6)cc([n+]53)-c3cc(-c5ccc(-c6ccccc6)cc5)cc2[n+]34)O1. The minimum Gasteiger partial charge on any atom is -0.456 e. The number of anilines is 3. The maximum atomic E-state index is 7.27. The summed E-state index contributed by atoms with van der Waals surface area (Å²) >= 11 is 0. The van der Waals surface area contributed by atoms with Crippen LogP contribution < -0.4 is 18.8 Å². The van der Waals surface area contributed by atoms with Crippen LogP contribution in [0.2, 0.25) is 0 Å². The van der Waals surface area contributed by atoms with E-state index in [1.165, 1.54) is 99.9 Å². The van der Waals surface area contributed by atoms with Gasteiger partial charge in [0.25, 0.3) is 11.6 Å². The van der Waals surface area contributed by atoms with Crippen LogP contribution in [0, 0.1) is 0 Å². The van der Waals surface area contributed by atoms with E-state index in [2.05, 4.69) is 239 Å². The average molecular weight is 857 g/mol. The summed E-state index contributed by atoms with van der Waals surface area (Å²) < 4.78 is 15.2. The van der Waals surface area contributed by atoms with Crippen molar-refractivity contribution in [3.05, 3.63) is 229 Å². The molecule has 8 aromatic carbocycles. The molecule has 5 aliphatic rings. The molecule has 1 atom stereocenters. The maximum Gasteiger partial charge on any atom is 0.323 e. The van der Waals surface area contributed by atoms with Gasteiger partial charge >= 0.3 is 5.66 Å². The monoisotopic (exact) mass is 856 g/mol. The van der Waals surface area contributed by atoms with Gasteiger partial charge in [-0.15, -0.1) is 0 Å². The number of nitrogens with zero attached hydrogens (tertiary/aromatic N) is 4. The summed E-state index contributed by atoms with van der Waals surface area (Å²) in [7, 11) is 0. The zero-order valence-electron chi connectivity index (χ0n) is 36.8. The minimum absolute atomic E-state index is 0.287. The van der Waals surface area contributed by atoms with Crippen LogP contribution in [0.15, 0.2) is 206 Å². The Morgan fingerprint density at radius 1 is 0.418 bits per heavy atom. The summed E-state index contributed by atoms with van der Waals surface area (Å²) in [5.41, 5.74) is 20.5. The summed E-state index contributed by atoms with van der Waals surface area (Å²) in [6.45, 7) is 4.78. The number of rotatable bonds is 4. The molecule has 0 bridgehead atoms. The highest BCUT2D eigenvalue weighted by Crippen LogP contribution is 2.64. The number of aromatic nitrogens is 3. The van der Waals surface area contributed by atoms with E-state index in [0.717, 1.165) is 34.5 Å². The van der Waals surface area contributed by atoms with Gasteiger partial charge in [0.2, 0.25) is 0 Å². The molecule has 8 heterocycles. The maximum absolute atomic E-state index is 7.27. The molecule has 1 spiro atoms. The lowest BCUT2D eigenvalue weighted by Crippen LogP contribution is -2.76. The number of ether oxygens (including phenoxy) is 1. The van der Waals surface area contributed by atoms with Crippen molar-refractivity contribution < 1.29 is 13.9 Å². The van der Waals surface area contributed by atoms with Crippen LogP contribution in [-0.4, -0.2) is 4.57 Å². The van der Waals surface area contributed by atoms with Crippen LogP contribution in [0.3, 0.4) is 0 Å². The fraction of sp³-hybridized carbons (Fsp3) is 0.0645. The highest BCUT2D eigenvalue weighted by molar-refractivity contribution is 6.12. The van der Waals surface area contributed by atoms with Crippen LogP contribution >= 0.6 is 0 Å². The van der Waals surface area contributed by atoms with Crippen molar-refractivity contribution in [3.8, 4) is 73.2 Å². The molecule has 1 unspecified atom stereocenters.